The van der Waals surface area contributed by atoms with Crippen molar-refractivity contribution in [3.63, 3.8) is 0 Å². The van der Waals surface area contributed by atoms with Crippen molar-refractivity contribution in [3.05, 3.63) is 17.9 Å². The van der Waals surface area contributed by atoms with Gasteiger partial charge in [0.1, 0.15) is 0 Å². The van der Waals surface area contributed by atoms with Crippen LogP contribution in [-0.2, 0) is 12.5 Å². The van der Waals surface area contributed by atoms with Gasteiger partial charge in [0.15, 0.2) is 0 Å². The Morgan fingerprint density at radius 1 is 1.60 bits per heavy atom. The summed E-state index contributed by atoms with van der Waals surface area (Å²) in [6, 6.07) is 0.241. The van der Waals surface area contributed by atoms with E-state index in [1.807, 2.05) is 20.8 Å². The molecule has 1 aromatic rings. The lowest BCUT2D eigenvalue weighted by atomic mass is 9.93. The van der Waals surface area contributed by atoms with Crippen LogP contribution in [0.25, 0.3) is 0 Å². The van der Waals surface area contributed by atoms with Crippen LogP contribution < -0.4 is 0 Å². The molecule has 0 saturated heterocycles. The Balaban J connectivity index is 3.28. The summed E-state index contributed by atoms with van der Waals surface area (Å²) in [5.41, 5.74) is 0.545. The molecular formula is C8H14N2. The van der Waals surface area contributed by atoms with Crippen LogP contribution in [0.15, 0.2) is 12.2 Å². The number of hydrogen-bond donors (Lipinski definition) is 0. The fourth-order valence-corrected chi connectivity index (χ4v) is 0.671. The summed E-state index contributed by atoms with van der Waals surface area (Å²) in [4.78, 5) is 0. The molecule has 0 saturated carbocycles. The van der Waals surface area contributed by atoms with E-state index < -0.39 is 0 Å². The van der Waals surface area contributed by atoms with Gasteiger partial charge in [-0.05, 0) is 6.04 Å². The molecule has 1 aromatic heterocycles. The third kappa shape index (κ3) is 1.38. The predicted octanol–water partition coefficient (Wildman–Crippen LogP) is 1.72. The zero-order valence-electron chi connectivity index (χ0n) is 8.89. The van der Waals surface area contributed by atoms with Gasteiger partial charge in [0.25, 0.3) is 0 Å². The quantitative estimate of drug-likeness (QED) is 0.539. The summed E-state index contributed by atoms with van der Waals surface area (Å²) in [7, 11) is 1.69. The van der Waals surface area contributed by atoms with Crippen LogP contribution >= 0.6 is 0 Å². The summed E-state index contributed by atoms with van der Waals surface area (Å²) in [6.07, 6.45) is 0.180. The third-order valence-corrected chi connectivity index (χ3v) is 1.30. The van der Waals surface area contributed by atoms with Crippen LogP contribution in [0.2, 0.25) is 0 Å². The van der Waals surface area contributed by atoms with E-state index in [0.29, 0.717) is 5.69 Å². The van der Waals surface area contributed by atoms with Gasteiger partial charge in [-0.1, -0.05) is 20.8 Å². The molecule has 2 heteroatoms. The van der Waals surface area contributed by atoms with Gasteiger partial charge in [-0.15, -0.1) is 0 Å². The molecule has 0 spiro atoms. The van der Waals surface area contributed by atoms with Gasteiger partial charge in [0.2, 0.25) is 0 Å². The minimum absolute atomic E-state index is 0.145. The summed E-state index contributed by atoms with van der Waals surface area (Å²) < 4.78 is 16.5. The van der Waals surface area contributed by atoms with Crippen LogP contribution in [0.4, 0.5) is 0 Å². The Hall–Kier alpha value is -0.790. The Kier molecular flexibility index (Phi) is 1.04. The topological polar surface area (TPSA) is 17.8 Å². The minimum atomic E-state index is -0.145. The summed E-state index contributed by atoms with van der Waals surface area (Å²) in [5.74, 6) is 0. The molecule has 0 aliphatic carbocycles. The van der Waals surface area contributed by atoms with Crippen LogP contribution in [-0.4, -0.2) is 9.78 Å². The zero-order valence-corrected chi connectivity index (χ0v) is 6.89. The number of hydrogen-bond acceptors (Lipinski definition) is 1. The molecule has 0 unspecified atom stereocenters. The van der Waals surface area contributed by atoms with Crippen LogP contribution in [0.3, 0.4) is 0 Å². The molecule has 0 N–H and O–H groups in total. The molecule has 1 rings (SSSR count). The van der Waals surface area contributed by atoms with Gasteiger partial charge < -0.3 is 0 Å². The van der Waals surface area contributed by atoms with E-state index in [1.54, 1.807) is 7.05 Å². The second-order valence-corrected chi connectivity index (χ2v) is 3.46. The first kappa shape index (κ1) is 4.94. The van der Waals surface area contributed by atoms with E-state index in [-0.39, 0.29) is 17.6 Å². The molecule has 0 radical (unpaired) electrons. The van der Waals surface area contributed by atoms with Crippen molar-refractivity contribution in [2.24, 2.45) is 7.05 Å². The van der Waals surface area contributed by atoms with E-state index in [9.17, 15) is 0 Å². The maximum Gasteiger partial charge on any atom is 0.0836 e. The second kappa shape index (κ2) is 2.11. The number of aryl methyl sites for hydroxylation is 1. The highest BCUT2D eigenvalue weighted by Gasteiger charge is 2.15. The first-order valence-electron chi connectivity index (χ1n) is 4.34. The molecular weight excluding hydrogens is 124 g/mol. The maximum absolute atomic E-state index is 7.60. The fourth-order valence-electron chi connectivity index (χ4n) is 0.671. The fraction of sp³-hybridized carbons (Fsp3) is 0.625. The predicted molar refractivity (Wildman–Crippen MR) is 41.9 cm³/mol. The molecule has 10 heavy (non-hydrogen) atoms. The van der Waals surface area contributed by atoms with Crippen molar-refractivity contribution in [2.75, 3.05) is 0 Å². The number of aromatic nitrogens is 2. The average Bonchev–Trinajstić information content (AvgIpc) is 2.15. The Morgan fingerprint density at radius 3 is 2.40 bits per heavy atom. The van der Waals surface area contributed by atoms with Gasteiger partial charge in [-0.25, -0.2) is 0 Å². The molecule has 0 atom stereocenters. The van der Waals surface area contributed by atoms with Crippen LogP contribution in [0, 0.1) is 0 Å². The molecule has 0 aliphatic rings. The van der Waals surface area contributed by atoms with Gasteiger partial charge in [-0.3, -0.25) is 4.68 Å². The van der Waals surface area contributed by atoms with Crippen molar-refractivity contribution < 1.29 is 2.74 Å². The zero-order chi connectivity index (χ0) is 9.52. The molecule has 56 valence electrons. The van der Waals surface area contributed by atoms with Gasteiger partial charge in [0, 0.05) is 18.6 Å². The molecule has 0 aliphatic heterocycles. The molecule has 0 amide bonds. The number of nitrogens with zero attached hydrogens (tertiary/aromatic N) is 2. The Labute approximate surface area is 64.7 Å². The average molecular weight is 142 g/mol. The lowest BCUT2D eigenvalue weighted by Crippen LogP contribution is -2.12. The third-order valence-electron chi connectivity index (χ3n) is 1.30. The lowest BCUT2D eigenvalue weighted by Gasteiger charge is -2.13. The van der Waals surface area contributed by atoms with Crippen molar-refractivity contribution in [1.82, 2.24) is 9.78 Å². The monoisotopic (exact) mass is 142 g/mol. The van der Waals surface area contributed by atoms with E-state index in [2.05, 4.69) is 5.10 Å². The van der Waals surface area contributed by atoms with Crippen LogP contribution in [0.1, 0.15) is 29.2 Å². The standard InChI is InChI=1S/C8H14N2/c1-8(2,3)7-5-6-10(4)9-7/h5-6H,1-4H3/i5T,6T. The maximum atomic E-state index is 7.60. The molecule has 0 aromatic carbocycles. The van der Waals surface area contributed by atoms with Crippen molar-refractivity contribution in [3.8, 4) is 0 Å². The molecule has 1 heterocycles. The minimum Gasteiger partial charge on any atom is -0.276 e. The van der Waals surface area contributed by atoms with E-state index >= 15 is 0 Å². The molecule has 0 bridgehead atoms. The van der Waals surface area contributed by atoms with Gasteiger partial charge in [-0.2, -0.15) is 5.10 Å². The Bertz CT molecular complexity index is 297. The van der Waals surface area contributed by atoms with Gasteiger partial charge >= 0.3 is 0 Å². The first-order valence-corrected chi connectivity index (χ1v) is 3.34. The highest BCUT2D eigenvalue weighted by atomic mass is 15.2. The van der Waals surface area contributed by atoms with E-state index in [1.165, 1.54) is 4.68 Å². The number of rotatable bonds is 0. The normalized spacial score (nSPS) is 14.8. The van der Waals surface area contributed by atoms with Gasteiger partial charge in [0.05, 0.1) is 8.44 Å². The first-order chi connectivity index (χ1) is 5.34. The van der Waals surface area contributed by atoms with Crippen LogP contribution in [0.5, 0.6) is 0 Å². The summed E-state index contributed by atoms with van der Waals surface area (Å²) >= 11 is 0. The van der Waals surface area contributed by atoms with E-state index in [4.69, 9.17) is 2.74 Å². The molecule has 2 nitrogen and oxygen atoms in total. The largest absolute Gasteiger partial charge is 0.276 e. The highest BCUT2D eigenvalue weighted by molar-refractivity contribution is 5.09. The van der Waals surface area contributed by atoms with Crippen molar-refractivity contribution in [1.29, 1.82) is 0 Å². The van der Waals surface area contributed by atoms with E-state index in [0.717, 1.165) is 0 Å². The highest BCUT2D eigenvalue weighted by Crippen LogP contribution is 2.18. The van der Waals surface area contributed by atoms with Crippen molar-refractivity contribution >= 4 is 0 Å². The summed E-state index contributed by atoms with van der Waals surface area (Å²) in [6.45, 7) is 5.98. The smallest absolute Gasteiger partial charge is 0.0836 e. The Morgan fingerprint density at radius 2 is 2.20 bits per heavy atom. The van der Waals surface area contributed by atoms with Crippen molar-refractivity contribution in [2.45, 2.75) is 26.2 Å². The SMILES string of the molecule is [3H]c1c(C(C)(C)C)nn(C)c1[3H]. The molecule has 0 fully saturated rings. The lowest BCUT2D eigenvalue weighted by molar-refractivity contribution is 0.553. The summed E-state index contributed by atoms with van der Waals surface area (Å²) in [5, 5.41) is 4.12. The second-order valence-electron chi connectivity index (χ2n) is 3.46.